The van der Waals surface area contributed by atoms with Crippen LogP contribution in [0.15, 0.2) is 94.8 Å². The summed E-state index contributed by atoms with van der Waals surface area (Å²) in [5, 5.41) is 18.0. The number of nitrogens with zero attached hydrogens (tertiary/aromatic N) is 6. The van der Waals surface area contributed by atoms with E-state index in [1.54, 1.807) is 12.4 Å². The highest BCUT2D eigenvalue weighted by Gasteiger charge is 2.17. The number of thioether (sulfide) groups is 1. The van der Waals surface area contributed by atoms with Gasteiger partial charge in [0, 0.05) is 23.5 Å². The maximum atomic E-state index is 5.83. The zero-order valence-electron chi connectivity index (χ0n) is 16.5. The molecule has 31 heavy (non-hydrogen) atoms. The first kappa shape index (κ1) is 19.2. The molecule has 0 bridgehead atoms. The second-order valence-electron chi connectivity index (χ2n) is 6.78. The molecule has 5 aromatic rings. The molecular formula is C23H18N6OS. The molecule has 8 heteroatoms. The van der Waals surface area contributed by atoms with Crippen LogP contribution in [0, 0.1) is 0 Å². The minimum absolute atomic E-state index is 0.500. The van der Waals surface area contributed by atoms with E-state index in [0.29, 0.717) is 24.1 Å². The van der Waals surface area contributed by atoms with Crippen molar-refractivity contribution in [1.82, 2.24) is 29.9 Å². The van der Waals surface area contributed by atoms with Crippen LogP contribution < -0.4 is 0 Å². The standard InChI is InChI=1S/C23H18N6OS/c1-3-8-17(9-4-1)15-29-21(19-12-7-13-24-14-19)26-28-23(29)31-16-20-25-27-22(30-20)18-10-5-2-6-11-18/h1-14H,15-16H2. The van der Waals surface area contributed by atoms with Gasteiger partial charge in [-0.2, -0.15) is 0 Å². The predicted octanol–water partition coefficient (Wildman–Crippen LogP) is 4.73. The van der Waals surface area contributed by atoms with Crippen LogP contribution in [0.3, 0.4) is 0 Å². The molecule has 0 N–H and O–H groups in total. The average Bonchev–Trinajstić information content (AvgIpc) is 3.47. The molecule has 0 aliphatic heterocycles. The fraction of sp³-hybridized carbons (Fsp3) is 0.0870. The maximum absolute atomic E-state index is 5.83. The average molecular weight is 427 g/mol. The van der Waals surface area contributed by atoms with E-state index < -0.39 is 0 Å². The van der Waals surface area contributed by atoms with Gasteiger partial charge in [-0.05, 0) is 29.8 Å². The molecule has 0 aliphatic rings. The number of pyridine rings is 1. The summed E-state index contributed by atoms with van der Waals surface area (Å²) < 4.78 is 7.92. The lowest BCUT2D eigenvalue weighted by Gasteiger charge is -2.10. The molecule has 0 radical (unpaired) electrons. The number of benzene rings is 2. The molecule has 3 heterocycles. The van der Waals surface area contributed by atoms with Crippen molar-refractivity contribution in [2.45, 2.75) is 17.5 Å². The molecule has 152 valence electrons. The van der Waals surface area contributed by atoms with Crippen molar-refractivity contribution in [2.75, 3.05) is 0 Å². The van der Waals surface area contributed by atoms with E-state index in [2.05, 4.69) is 42.1 Å². The van der Waals surface area contributed by atoms with Gasteiger partial charge < -0.3 is 4.42 Å². The zero-order valence-corrected chi connectivity index (χ0v) is 17.3. The monoisotopic (exact) mass is 426 g/mol. The number of hydrogen-bond donors (Lipinski definition) is 0. The van der Waals surface area contributed by atoms with Crippen molar-refractivity contribution in [3.8, 4) is 22.8 Å². The van der Waals surface area contributed by atoms with Crippen molar-refractivity contribution in [3.63, 3.8) is 0 Å². The highest BCUT2D eigenvalue weighted by molar-refractivity contribution is 7.98. The smallest absolute Gasteiger partial charge is 0.247 e. The van der Waals surface area contributed by atoms with Gasteiger partial charge in [-0.1, -0.05) is 60.3 Å². The lowest BCUT2D eigenvalue weighted by Crippen LogP contribution is -2.04. The quantitative estimate of drug-likeness (QED) is 0.348. The van der Waals surface area contributed by atoms with Crippen LogP contribution in [-0.4, -0.2) is 29.9 Å². The number of rotatable bonds is 7. The van der Waals surface area contributed by atoms with Gasteiger partial charge in [-0.3, -0.25) is 9.55 Å². The van der Waals surface area contributed by atoms with E-state index >= 15 is 0 Å². The lowest BCUT2D eigenvalue weighted by atomic mass is 10.2. The summed E-state index contributed by atoms with van der Waals surface area (Å²) in [6.07, 6.45) is 3.54. The third kappa shape index (κ3) is 4.39. The third-order valence-corrected chi connectivity index (χ3v) is 5.58. The molecule has 0 saturated heterocycles. The molecule has 5 rings (SSSR count). The van der Waals surface area contributed by atoms with Crippen LogP contribution in [-0.2, 0) is 12.3 Å². The van der Waals surface area contributed by atoms with Gasteiger partial charge in [-0.25, -0.2) is 0 Å². The number of hydrogen-bond acceptors (Lipinski definition) is 7. The second kappa shape index (κ2) is 8.93. The van der Waals surface area contributed by atoms with Crippen molar-refractivity contribution in [1.29, 1.82) is 0 Å². The summed E-state index contributed by atoms with van der Waals surface area (Å²) in [6.45, 7) is 0.652. The summed E-state index contributed by atoms with van der Waals surface area (Å²) in [4.78, 5) is 4.22. The minimum Gasteiger partial charge on any atom is -0.420 e. The third-order valence-electron chi connectivity index (χ3n) is 4.63. The summed E-state index contributed by atoms with van der Waals surface area (Å²) in [5.74, 6) is 2.33. The van der Waals surface area contributed by atoms with Crippen LogP contribution in [0.25, 0.3) is 22.8 Å². The Morgan fingerprint density at radius 3 is 2.32 bits per heavy atom. The van der Waals surface area contributed by atoms with Gasteiger partial charge in [0.2, 0.25) is 11.8 Å². The lowest BCUT2D eigenvalue weighted by molar-refractivity contribution is 0.528. The first-order chi connectivity index (χ1) is 15.4. The predicted molar refractivity (Wildman–Crippen MR) is 118 cm³/mol. The maximum Gasteiger partial charge on any atom is 0.247 e. The Hall–Kier alpha value is -3.78. The Labute approximate surface area is 183 Å². The Balaban J connectivity index is 1.40. The van der Waals surface area contributed by atoms with Gasteiger partial charge in [0.25, 0.3) is 0 Å². The fourth-order valence-electron chi connectivity index (χ4n) is 3.15. The van der Waals surface area contributed by atoms with E-state index in [1.807, 2.05) is 60.7 Å². The summed E-state index contributed by atoms with van der Waals surface area (Å²) in [5.41, 5.74) is 2.98. The second-order valence-corrected chi connectivity index (χ2v) is 7.72. The summed E-state index contributed by atoms with van der Waals surface area (Å²) in [7, 11) is 0. The topological polar surface area (TPSA) is 82.5 Å². The SMILES string of the molecule is c1ccc(Cn2c(SCc3nnc(-c4ccccc4)o3)nnc2-c2cccnc2)cc1. The molecule has 0 aliphatic carbocycles. The molecule has 0 spiro atoms. The van der Waals surface area contributed by atoms with Crippen molar-refractivity contribution in [3.05, 3.63) is 96.6 Å². The van der Waals surface area contributed by atoms with E-state index in [9.17, 15) is 0 Å². The van der Waals surface area contributed by atoms with Crippen LogP contribution in [0.2, 0.25) is 0 Å². The highest BCUT2D eigenvalue weighted by atomic mass is 32.2. The van der Waals surface area contributed by atoms with E-state index in [-0.39, 0.29) is 0 Å². The Bertz CT molecular complexity index is 1260. The highest BCUT2D eigenvalue weighted by Crippen LogP contribution is 2.27. The van der Waals surface area contributed by atoms with E-state index in [1.165, 1.54) is 17.3 Å². The van der Waals surface area contributed by atoms with Crippen LogP contribution in [0.4, 0.5) is 0 Å². The van der Waals surface area contributed by atoms with Crippen molar-refractivity contribution >= 4 is 11.8 Å². The van der Waals surface area contributed by atoms with Gasteiger partial charge >= 0.3 is 0 Å². The molecule has 7 nitrogen and oxygen atoms in total. The van der Waals surface area contributed by atoms with Gasteiger partial charge in [0.05, 0.1) is 12.3 Å². The van der Waals surface area contributed by atoms with Crippen LogP contribution in [0.5, 0.6) is 0 Å². The van der Waals surface area contributed by atoms with E-state index in [4.69, 9.17) is 4.42 Å². The Morgan fingerprint density at radius 1 is 0.774 bits per heavy atom. The normalized spacial score (nSPS) is 11.0. The van der Waals surface area contributed by atoms with Gasteiger partial charge in [0.1, 0.15) is 0 Å². The minimum atomic E-state index is 0.500. The Kier molecular flexibility index (Phi) is 5.53. The van der Waals surface area contributed by atoms with Crippen molar-refractivity contribution < 1.29 is 4.42 Å². The molecule has 0 unspecified atom stereocenters. The summed E-state index contributed by atoms with van der Waals surface area (Å²) >= 11 is 1.52. The van der Waals surface area contributed by atoms with Gasteiger partial charge in [0.15, 0.2) is 11.0 Å². The van der Waals surface area contributed by atoms with E-state index in [0.717, 1.165) is 22.1 Å². The molecule has 0 fully saturated rings. The fourth-order valence-corrected chi connectivity index (χ4v) is 3.92. The largest absolute Gasteiger partial charge is 0.420 e. The van der Waals surface area contributed by atoms with Crippen LogP contribution >= 0.6 is 11.8 Å². The molecule has 0 amide bonds. The Morgan fingerprint density at radius 2 is 1.55 bits per heavy atom. The molecule has 0 saturated carbocycles. The molecule has 0 atom stereocenters. The molecular weight excluding hydrogens is 408 g/mol. The summed E-state index contributed by atoms with van der Waals surface area (Å²) in [6, 6.07) is 23.9. The molecule has 2 aromatic carbocycles. The van der Waals surface area contributed by atoms with Crippen molar-refractivity contribution in [2.24, 2.45) is 0 Å². The first-order valence-electron chi connectivity index (χ1n) is 9.75. The zero-order chi connectivity index (χ0) is 20.9. The number of aromatic nitrogens is 6. The van der Waals surface area contributed by atoms with Crippen LogP contribution in [0.1, 0.15) is 11.5 Å². The molecule has 3 aromatic heterocycles. The first-order valence-corrected chi connectivity index (χ1v) is 10.7. The van der Waals surface area contributed by atoms with Gasteiger partial charge in [-0.15, -0.1) is 20.4 Å².